The molecule has 0 aliphatic carbocycles. The smallest absolute Gasteiger partial charge is 0.425 e. The van der Waals surface area contributed by atoms with Crippen LogP contribution in [-0.4, -0.2) is 122 Å². The van der Waals surface area contributed by atoms with Crippen molar-refractivity contribution >= 4 is 170 Å². The second kappa shape index (κ2) is 24.1. The molecule has 0 aromatic heterocycles. The zero-order valence-electron chi connectivity index (χ0n) is 31.8. The highest BCUT2D eigenvalue weighted by molar-refractivity contribution is 7.81. The van der Waals surface area contributed by atoms with Gasteiger partial charge in [-0.25, -0.2) is 0 Å². The Bertz CT molecular complexity index is 1070. The molecule has 0 radical (unpaired) electrons. The predicted molar refractivity (Wildman–Crippen MR) is 258 cm³/mol. The predicted octanol–water partition coefficient (Wildman–Crippen LogP) is 5.74. The van der Waals surface area contributed by atoms with Crippen LogP contribution in [0.3, 0.4) is 0 Å². The lowest BCUT2D eigenvalue weighted by Gasteiger charge is -2.60. The second-order valence-electron chi connectivity index (χ2n) is 13.9. The third kappa shape index (κ3) is 13.7. The van der Waals surface area contributed by atoms with Gasteiger partial charge in [-0.3, -0.25) is 0 Å². The first-order chi connectivity index (χ1) is 26.0. The molecule has 4 fully saturated rings. The Morgan fingerprint density at radius 1 is 0.407 bits per heavy atom. The Labute approximate surface area is 375 Å². The minimum absolute atomic E-state index is 0.349. The molecule has 12 nitrogen and oxygen atoms in total. The molecular weight excluding hydrogens is 982 g/mol. The van der Waals surface area contributed by atoms with Crippen LogP contribution < -0.4 is 0 Å². The first-order valence-corrected chi connectivity index (χ1v) is 40.0. The minimum Gasteiger partial charge on any atom is -0.425 e. The summed E-state index contributed by atoms with van der Waals surface area (Å²) in [6, 6.07) is 3.90. The van der Waals surface area contributed by atoms with Crippen LogP contribution in [0.15, 0.2) is 0 Å². The first kappa shape index (κ1) is 50.6. The van der Waals surface area contributed by atoms with Gasteiger partial charge in [0, 0.05) is 42.3 Å². The van der Waals surface area contributed by atoms with Crippen molar-refractivity contribution in [1.29, 1.82) is 0 Å². The van der Waals surface area contributed by atoms with E-state index in [9.17, 15) is 0 Å². The fourth-order valence-corrected chi connectivity index (χ4v) is 58.7. The number of fused-ring (bicyclic) bond motifs is 4. The van der Waals surface area contributed by atoms with Crippen molar-refractivity contribution in [1.82, 2.24) is 0 Å². The van der Waals surface area contributed by atoms with Gasteiger partial charge in [0.1, 0.15) is 10.5 Å². The van der Waals surface area contributed by atoms with Crippen LogP contribution in [0, 0.1) is 0 Å². The standard InChI is InChI=1S/C26H64O12S7Si9/c1-2-3-20-48(27-46)30-52(24-9-16-43)34-49(22-7-14-41)28-47(19-6-13-40)29-50(23-8-15-42)33-51(32-49,21-5-4-12-39)36-54(37-52,26-11-18-45)38-53(31-48,35-50)25-10-17-44/h39-45,47H,2-26H2,1,46H3. The molecule has 6 bridgehead atoms. The summed E-state index contributed by atoms with van der Waals surface area (Å²) < 4.78 is 90.2. The molecule has 0 N–H and O–H groups in total. The monoisotopic (exact) mass is 1040 g/mol. The van der Waals surface area contributed by atoms with Gasteiger partial charge in [0.25, 0.3) is 0 Å². The van der Waals surface area contributed by atoms with Gasteiger partial charge in [0.05, 0.1) is 0 Å². The van der Waals surface area contributed by atoms with Crippen molar-refractivity contribution in [2.45, 2.75) is 119 Å². The number of hydrogen-bond acceptors (Lipinski definition) is 19. The second-order valence-corrected chi connectivity index (χ2v) is 42.4. The van der Waals surface area contributed by atoms with E-state index in [-0.39, 0.29) is 0 Å². The number of unbranched alkanes of at least 4 members (excludes halogenated alkanes) is 2. The average molecular weight is 1050 g/mol. The van der Waals surface area contributed by atoms with Crippen molar-refractivity contribution in [3.63, 3.8) is 0 Å². The summed E-state index contributed by atoms with van der Waals surface area (Å²) in [5, 5.41) is 0. The summed E-state index contributed by atoms with van der Waals surface area (Å²) in [7, 11) is -29.2. The Morgan fingerprint density at radius 3 is 1.09 bits per heavy atom. The van der Waals surface area contributed by atoms with Crippen LogP contribution in [0.2, 0.25) is 48.4 Å². The quantitative estimate of drug-likeness (QED) is 0.0327. The van der Waals surface area contributed by atoms with E-state index >= 15 is 0 Å². The lowest BCUT2D eigenvalue weighted by atomic mass is 10.4. The van der Waals surface area contributed by atoms with Crippen LogP contribution in [0.25, 0.3) is 0 Å². The third-order valence-electron chi connectivity index (χ3n) is 9.26. The van der Waals surface area contributed by atoms with Gasteiger partial charge in [-0.2, -0.15) is 88.4 Å². The van der Waals surface area contributed by atoms with Crippen LogP contribution >= 0.6 is 88.4 Å². The lowest BCUT2D eigenvalue weighted by Crippen LogP contribution is -2.84. The van der Waals surface area contributed by atoms with Crippen LogP contribution in [0.1, 0.15) is 71.1 Å². The van der Waals surface area contributed by atoms with Crippen molar-refractivity contribution in [2.24, 2.45) is 0 Å². The molecule has 4 heterocycles. The Morgan fingerprint density at radius 2 is 0.741 bits per heavy atom. The molecule has 28 heteroatoms. The summed E-state index contributed by atoms with van der Waals surface area (Å²) in [6.45, 7) is 2.15. The third-order valence-corrected chi connectivity index (χ3v) is 49.0. The van der Waals surface area contributed by atoms with Gasteiger partial charge < -0.3 is 49.4 Å². The van der Waals surface area contributed by atoms with Gasteiger partial charge in [0.15, 0.2) is 0 Å². The highest BCUT2D eigenvalue weighted by atomic mass is 32.1. The van der Waals surface area contributed by atoms with Crippen molar-refractivity contribution in [2.75, 3.05) is 40.3 Å². The van der Waals surface area contributed by atoms with E-state index in [1.807, 2.05) is 0 Å². The zero-order chi connectivity index (χ0) is 39.2. The van der Waals surface area contributed by atoms with E-state index in [0.29, 0.717) is 131 Å². The average Bonchev–Trinajstić information content (AvgIpc) is 3.13. The van der Waals surface area contributed by atoms with Gasteiger partial charge in [-0.15, -0.1) is 0 Å². The Balaban J connectivity index is 2.14. The van der Waals surface area contributed by atoms with Crippen LogP contribution in [0.5, 0.6) is 0 Å². The van der Waals surface area contributed by atoms with E-state index in [2.05, 4.69) is 95.3 Å². The summed E-state index contributed by atoms with van der Waals surface area (Å²) in [4.78, 5) is 0. The van der Waals surface area contributed by atoms with Gasteiger partial charge in [-0.1, -0.05) is 13.3 Å². The van der Waals surface area contributed by atoms with E-state index in [1.165, 1.54) is 0 Å². The summed E-state index contributed by atoms with van der Waals surface area (Å²) in [6.07, 6.45) is 7.36. The summed E-state index contributed by atoms with van der Waals surface area (Å²) in [5.74, 6) is 4.35. The molecule has 0 amide bonds. The Kier molecular flexibility index (Phi) is 22.6. The fraction of sp³-hybridized carbons (Fsp3) is 1.00. The molecule has 0 aromatic rings. The zero-order valence-corrected chi connectivity index (χ0v) is 48.2. The molecule has 4 rings (SSSR count). The molecule has 0 aromatic carbocycles. The van der Waals surface area contributed by atoms with E-state index in [4.69, 9.17) is 49.4 Å². The maximum Gasteiger partial charge on any atom is 0.478 e. The van der Waals surface area contributed by atoms with Gasteiger partial charge in [-0.05, 0) is 104 Å². The number of thiol groups is 7. The van der Waals surface area contributed by atoms with Crippen molar-refractivity contribution < 1.29 is 49.4 Å². The maximum atomic E-state index is 7.66. The normalized spacial score (nSPS) is 38.1. The van der Waals surface area contributed by atoms with Crippen LogP contribution in [0.4, 0.5) is 0 Å². The Hall–Kier alpha value is 3.92. The topological polar surface area (TPSA) is 111 Å². The molecule has 318 valence electrons. The molecule has 4 aliphatic rings. The minimum atomic E-state index is -3.92. The van der Waals surface area contributed by atoms with Gasteiger partial charge >= 0.3 is 70.9 Å². The summed E-state index contributed by atoms with van der Waals surface area (Å²) in [5.41, 5.74) is 0. The van der Waals surface area contributed by atoms with Crippen molar-refractivity contribution in [3.05, 3.63) is 0 Å². The van der Waals surface area contributed by atoms with Crippen molar-refractivity contribution in [3.8, 4) is 0 Å². The molecule has 4 saturated heterocycles. The molecular formula is C26H64O12S7Si9. The number of rotatable bonds is 26. The maximum absolute atomic E-state index is 7.66. The van der Waals surface area contributed by atoms with E-state index in [1.54, 1.807) is 0 Å². The van der Waals surface area contributed by atoms with Crippen LogP contribution in [-0.2, 0) is 49.4 Å². The first-order valence-electron chi connectivity index (χ1n) is 19.5. The molecule has 0 spiro atoms. The lowest BCUT2D eigenvalue weighted by molar-refractivity contribution is 0.00190. The highest BCUT2D eigenvalue weighted by Gasteiger charge is 2.78. The molecule has 54 heavy (non-hydrogen) atoms. The van der Waals surface area contributed by atoms with E-state index < -0.39 is 70.9 Å². The molecule has 4 unspecified atom stereocenters. The molecule has 0 saturated carbocycles. The van der Waals surface area contributed by atoms with Gasteiger partial charge in [0.2, 0.25) is 0 Å². The number of hydrogen-bond donors (Lipinski definition) is 7. The largest absolute Gasteiger partial charge is 0.478 e. The van der Waals surface area contributed by atoms with E-state index in [0.717, 1.165) is 32.1 Å². The summed E-state index contributed by atoms with van der Waals surface area (Å²) >= 11 is 32.5. The highest BCUT2D eigenvalue weighted by Crippen LogP contribution is 2.51. The molecule has 4 aliphatic heterocycles. The molecule has 4 atom stereocenters. The SMILES string of the molecule is CCCC[Si]1(O[SiH3])O[Si]2(CCCS)O[Si]3(CCCS)O[SiH](CCCS)O[Si]4(CCCS)O[Si](CCCS)(O1)O[Si](CCCS)(O2)O[Si](CCCCS)(O3)O4. The fourth-order valence-electron chi connectivity index (χ4n) is 6.89.